The van der Waals surface area contributed by atoms with Crippen molar-refractivity contribution in [3.05, 3.63) is 85.7 Å². The molecule has 4 heteroatoms. The molecule has 0 saturated heterocycles. The molecule has 0 atom stereocenters. The molecule has 146 valence electrons. The van der Waals surface area contributed by atoms with Gasteiger partial charge in [0, 0.05) is 36.4 Å². The van der Waals surface area contributed by atoms with Crippen LogP contribution in [0.15, 0.2) is 85.7 Å². The second kappa shape index (κ2) is 8.31. The van der Waals surface area contributed by atoms with Crippen molar-refractivity contribution in [2.75, 3.05) is 0 Å². The third-order valence-corrected chi connectivity index (χ3v) is 5.15. The maximum atomic E-state index is 2.21. The van der Waals surface area contributed by atoms with E-state index in [-0.39, 0.29) is 7.43 Å². The fraction of sp³-hybridized carbons (Fsp3) is 0.200. The first-order chi connectivity index (χ1) is 13.5. The van der Waals surface area contributed by atoms with Crippen LogP contribution in [0.3, 0.4) is 0 Å². The maximum absolute atomic E-state index is 2.21. The summed E-state index contributed by atoms with van der Waals surface area (Å²) in [4.78, 5) is 0. The Labute approximate surface area is 173 Å². The van der Waals surface area contributed by atoms with Crippen LogP contribution in [0.5, 0.6) is 0 Å². The molecule has 0 aromatic carbocycles. The summed E-state index contributed by atoms with van der Waals surface area (Å²) in [6.07, 6.45) is 12.6. The van der Waals surface area contributed by atoms with E-state index in [1.165, 1.54) is 33.6 Å². The van der Waals surface area contributed by atoms with Crippen LogP contribution >= 0.6 is 0 Å². The van der Waals surface area contributed by atoms with Gasteiger partial charge >= 0.3 is 0 Å². The highest BCUT2D eigenvalue weighted by Gasteiger charge is 2.25. The summed E-state index contributed by atoms with van der Waals surface area (Å²) in [6.45, 7) is 0. The van der Waals surface area contributed by atoms with Gasteiger partial charge in [0.25, 0.3) is 0 Å². The van der Waals surface area contributed by atoms with Crippen molar-refractivity contribution in [3.63, 3.8) is 0 Å². The third-order valence-electron chi connectivity index (χ3n) is 5.15. The fourth-order valence-electron chi connectivity index (χ4n) is 3.69. The monoisotopic (exact) mass is 386 g/mol. The zero-order valence-corrected chi connectivity index (χ0v) is 16.9. The molecule has 0 N–H and O–H groups in total. The van der Waals surface area contributed by atoms with Crippen molar-refractivity contribution < 1.29 is 18.3 Å². The molecule has 0 spiro atoms. The van der Waals surface area contributed by atoms with Crippen LogP contribution in [0.25, 0.3) is 33.6 Å². The van der Waals surface area contributed by atoms with Gasteiger partial charge in [0.15, 0.2) is 37.2 Å². The lowest BCUT2D eigenvalue weighted by Gasteiger charge is -2.10. The topological polar surface area (TPSA) is 15.5 Å². The fourth-order valence-corrected chi connectivity index (χ4v) is 3.69. The van der Waals surface area contributed by atoms with Crippen LogP contribution in [-0.2, 0) is 28.2 Å². The molecule has 4 aromatic heterocycles. The molecule has 0 aliphatic rings. The van der Waals surface area contributed by atoms with E-state index in [1.807, 2.05) is 14.1 Å². The first-order valence-electron chi connectivity index (χ1n) is 9.43. The summed E-state index contributed by atoms with van der Waals surface area (Å²) in [5.41, 5.74) is 7.26. The second-order valence-electron chi connectivity index (χ2n) is 7.27. The molecule has 0 unspecified atom stereocenters. The molecular formula is C25H30N4+4. The molecule has 0 aliphatic heterocycles. The van der Waals surface area contributed by atoms with Crippen LogP contribution < -0.4 is 18.3 Å². The Morgan fingerprint density at radius 3 is 1.17 bits per heavy atom. The molecule has 0 saturated carbocycles. The highest BCUT2D eigenvalue weighted by Crippen LogP contribution is 2.33. The van der Waals surface area contributed by atoms with E-state index in [4.69, 9.17) is 0 Å². The highest BCUT2D eigenvalue weighted by atomic mass is 14.9. The Morgan fingerprint density at radius 2 is 0.828 bits per heavy atom. The molecule has 0 fully saturated rings. The first kappa shape index (κ1) is 20.3. The predicted octanol–water partition coefficient (Wildman–Crippen LogP) is 2.62. The minimum atomic E-state index is 0. The van der Waals surface area contributed by atoms with Crippen molar-refractivity contribution in [2.45, 2.75) is 7.43 Å². The van der Waals surface area contributed by atoms with Gasteiger partial charge < -0.3 is 0 Å². The molecule has 29 heavy (non-hydrogen) atoms. The quantitative estimate of drug-likeness (QED) is 0.481. The highest BCUT2D eigenvalue weighted by molar-refractivity contribution is 5.85. The summed E-state index contributed by atoms with van der Waals surface area (Å²) >= 11 is 0. The van der Waals surface area contributed by atoms with E-state index in [1.54, 1.807) is 0 Å². The average molecular weight is 387 g/mol. The van der Waals surface area contributed by atoms with E-state index in [2.05, 4.69) is 118 Å². The van der Waals surface area contributed by atoms with E-state index < -0.39 is 0 Å². The van der Waals surface area contributed by atoms with Gasteiger partial charge in [0.1, 0.15) is 28.2 Å². The number of hydrogen-bond acceptors (Lipinski definition) is 0. The molecule has 4 nitrogen and oxygen atoms in total. The number of rotatable bonds is 3. The van der Waals surface area contributed by atoms with E-state index in [0.29, 0.717) is 0 Å². The molecule has 4 rings (SSSR count). The van der Waals surface area contributed by atoms with Gasteiger partial charge in [-0.1, -0.05) is 7.43 Å². The van der Waals surface area contributed by atoms with Gasteiger partial charge in [0.05, 0.1) is 22.3 Å². The van der Waals surface area contributed by atoms with Crippen molar-refractivity contribution in [2.24, 2.45) is 28.2 Å². The van der Waals surface area contributed by atoms with Crippen LogP contribution in [0.4, 0.5) is 0 Å². The zero-order chi connectivity index (χ0) is 19.7. The van der Waals surface area contributed by atoms with E-state index in [0.717, 1.165) is 0 Å². The Balaban J connectivity index is 0.00000240. The van der Waals surface area contributed by atoms with E-state index >= 15 is 0 Å². The molecule has 4 aromatic rings. The molecule has 0 bridgehead atoms. The molecular weight excluding hydrogens is 356 g/mol. The summed E-state index contributed by atoms with van der Waals surface area (Å²) in [6, 6.07) is 17.3. The van der Waals surface area contributed by atoms with Crippen molar-refractivity contribution in [1.82, 2.24) is 0 Å². The van der Waals surface area contributed by atoms with Gasteiger partial charge in [-0.2, -0.15) is 0 Å². The lowest BCUT2D eigenvalue weighted by Crippen LogP contribution is -2.34. The maximum Gasteiger partial charge on any atom is 0.220 e. The van der Waals surface area contributed by atoms with Crippen molar-refractivity contribution in [3.8, 4) is 33.6 Å². The first-order valence-corrected chi connectivity index (χ1v) is 9.43. The minimum Gasteiger partial charge on any atom is -0.208 e. The lowest BCUT2D eigenvalue weighted by molar-refractivity contribution is -0.672. The SMILES string of the molecule is C.C[n+]1ccc(-c2c(-c3ccc[n+](C)c3-c3cc[n+](C)cc3)ccc[n+]2C)cc1. The van der Waals surface area contributed by atoms with Gasteiger partial charge in [-0.15, -0.1) is 0 Å². The summed E-state index contributed by atoms with van der Waals surface area (Å²) < 4.78 is 8.52. The number of hydrogen-bond donors (Lipinski definition) is 0. The summed E-state index contributed by atoms with van der Waals surface area (Å²) in [7, 11) is 8.30. The third kappa shape index (κ3) is 3.92. The summed E-state index contributed by atoms with van der Waals surface area (Å²) in [5.74, 6) is 0. The smallest absolute Gasteiger partial charge is 0.208 e. The Bertz CT molecular complexity index is 1040. The van der Waals surface area contributed by atoms with Crippen molar-refractivity contribution >= 4 is 0 Å². The molecule has 4 heterocycles. The van der Waals surface area contributed by atoms with Crippen LogP contribution in [0, 0.1) is 0 Å². The number of nitrogens with zero attached hydrogens (tertiary/aromatic N) is 4. The lowest BCUT2D eigenvalue weighted by atomic mass is 9.95. The van der Waals surface area contributed by atoms with Crippen LogP contribution in [0.2, 0.25) is 0 Å². The molecule has 0 aliphatic carbocycles. The number of aryl methyl sites for hydroxylation is 4. The standard InChI is InChI=1S/C24H26N4.CH4/c1-25-15-9-19(10-16-25)23-21(7-5-13-27(23)3)22-8-6-14-28(4)24(22)20-11-17-26(2)18-12-20;/h5-18H,1-4H3;1H4/q+4;. The van der Waals surface area contributed by atoms with Crippen LogP contribution in [0.1, 0.15) is 7.43 Å². The zero-order valence-electron chi connectivity index (χ0n) is 16.9. The minimum absolute atomic E-state index is 0. The average Bonchev–Trinajstić information content (AvgIpc) is 2.69. The normalized spacial score (nSPS) is 10.5. The summed E-state index contributed by atoms with van der Waals surface area (Å²) in [5, 5.41) is 0. The molecule has 0 amide bonds. The number of aromatic nitrogens is 4. The van der Waals surface area contributed by atoms with Crippen molar-refractivity contribution in [1.29, 1.82) is 0 Å². The Morgan fingerprint density at radius 1 is 0.483 bits per heavy atom. The van der Waals surface area contributed by atoms with Gasteiger partial charge in [0.2, 0.25) is 11.4 Å². The van der Waals surface area contributed by atoms with E-state index in [9.17, 15) is 0 Å². The molecule has 0 radical (unpaired) electrons. The van der Waals surface area contributed by atoms with Gasteiger partial charge in [-0.05, 0) is 12.1 Å². The van der Waals surface area contributed by atoms with Gasteiger partial charge in [-0.25, -0.2) is 18.3 Å². The predicted molar refractivity (Wildman–Crippen MR) is 114 cm³/mol. The van der Waals surface area contributed by atoms with Crippen LogP contribution in [-0.4, -0.2) is 0 Å². The second-order valence-corrected chi connectivity index (χ2v) is 7.27. The Kier molecular flexibility index (Phi) is 5.83. The van der Waals surface area contributed by atoms with Gasteiger partial charge in [-0.3, -0.25) is 0 Å². The number of pyridine rings is 4. The Hall–Kier alpha value is -3.40. The largest absolute Gasteiger partial charge is 0.220 e.